The van der Waals surface area contributed by atoms with E-state index in [-0.39, 0.29) is 18.0 Å². The fourth-order valence-electron chi connectivity index (χ4n) is 2.47. The summed E-state index contributed by atoms with van der Waals surface area (Å²) in [5.41, 5.74) is 7.39. The van der Waals surface area contributed by atoms with Gasteiger partial charge in [-0.1, -0.05) is 0 Å². The van der Waals surface area contributed by atoms with Crippen LogP contribution in [0, 0.1) is 0 Å². The van der Waals surface area contributed by atoms with Gasteiger partial charge in [-0.2, -0.15) is 0 Å². The molecular weight excluding hydrogens is 196 g/mol. The van der Waals surface area contributed by atoms with Crippen molar-refractivity contribution in [3.8, 4) is 0 Å². The van der Waals surface area contributed by atoms with Gasteiger partial charge in [-0.3, -0.25) is 4.79 Å². The zero-order valence-corrected chi connectivity index (χ0v) is 8.59. The van der Waals surface area contributed by atoms with Gasteiger partial charge in [0.25, 0.3) is 0 Å². The maximum absolute atomic E-state index is 11.6. The fourth-order valence-corrected chi connectivity index (χ4v) is 3.61. The second-order valence-electron chi connectivity index (χ2n) is 3.96. The monoisotopic (exact) mass is 208 g/mol. The van der Waals surface area contributed by atoms with Gasteiger partial charge in [-0.05, 0) is 23.4 Å². The summed E-state index contributed by atoms with van der Waals surface area (Å²) < 4.78 is 0. The van der Waals surface area contributed by atoms with Crippen LogP contribution in [0.5, 0.6) is 0 Å². The molecule has 1 saturated heterocycles. The number of nitrogens with two attached hydrogens (primary N) is 1. The second-order valence-corrected chi connectivity index (χ2v) is 4.91. The van der Waals surface area contributed by atoms with Gasteiger partial charge in [0.2, 0.25) is 5.91 Å². The van der Waals surface area contributed by atoms with Gasteiger partial charge >= 0.3 is 0 Å². The molecule has 2 aliphatic rings. The van der Waals surface area contributed by atoms with Crippen LogP contribution < -0.4 is 5.73 Å². The highest BCUT2D eigenvalue weighted by molar-refractivity contribution is 7.10. The van der Waals surface area contributed by atoms with Crippen LogP contribution in [0.15, 0.2) is 11.4 Å². The second kappa shape index (κ2) is 2.81. The first-order valence-electron chi connectivity index (χ1n) is 4.88. The Labute approximate surface area is 86.5 Å². The number of amides is 1. The summed E-state index contributed by atoms with van der Waals surface area (Å²) in [6.45, 7) is 0.848. The van der Waals surface area contributed by atoms with Crippen molar-refractivity contribution in [3.05, 3.63) is 21.9 Å². The molecule has 2 aliphatic heterocycles. The zero-order chi connectivity index (χ0) is 9.71. The van der Waals surface area contributed by atoms with E-state index in [0.29, 0.717) is 6.42 Å². The smallest absolute Gasteiger partial charge is 0.224 e. The summed E-state index contributed by atoms with van der Waals surface area (Å²) in [5.74, 6) is 0.224. The minimum absolute atomic E-state index is 0.000185. The molecule has 0 saturated carbocycles. The molecule has 1 aromatic heterocycles. The van der Waals surface area contributed by atoms with Crippen molar-refractivity contribution in [2.75, 3.05) is 6.54 Å². The third-order valence-electron chi connectivity index (χ3n) is 3.14. The maximum atomic E-state index is 11.6. The average molecular weight is 208 g/mol. The summed E-state index contributed by atoms with van der Waals surface area (Å²) in [7, 11) is 0. The lowest BCUT2D eigenvalue weighted by atomic mass is 10.00. The number of nitrogens with zero attached hydrogens (tertiary/aromatic N) is 1. The van der Waals surface area contributed by atoms with E-state index in [4.69, 9.17) is 5.73 Å². The summed E-state index contributed by atoms with van der Waals surface area (Å²) in [4.78, 5) is 14.9. The quantitative estimate of drug-likeness (QED) is 0.688. The van der Waals surface area contributed by atoms with Crippen molar-refractivity contribution in [1.82, 2.24) is 4.90 Å². The van der Waals surface area contributed by atoms with Gasteiger partial charge in [-0.15, -0.1) is 11.3 Å². The molecule has 74 valence electrons. The van der Waals surface area contributed by atoms with E-state index in [0.717, 1.165) is 13.0 Å². The van der Waals surface area contributed by atoms with Crippen molar-refractivity contribution >= 4 is 17.2 Å². The number of hydrogen-bond donors (Lipinski definition) is 1. The third-order valence-corrected chi connectivity index (χ3v) is 4.17. The van der Waals surface area contributed by atoms with Crippen LogP contribution >= 0.6 is 11.3 Å². The van der Waals surface area contributed by atoms with E-state index in [1.54, 1.807) is 11.3 Å². The SMILES string of the molecule is NC1CC(=O)N2CCc3ccsc3C12. The Hall–Kier alpha value is -0.870. The molecule has 0 radical (unpaired) electrons. The molecule has 1 aromatic rings. The van der Waals surface area contributed by atoms with E-state index < -0.39 is 0 Å². The van der Waals surface area contributed by atoms with Crippen LogP contribution in [-0.2, 0) is 11.2 Å². The topological polar surface area (TPSA) is 46.3 Å². The summed E-state index contributed by atoms with van der Waals surface area (Å²) >= 11 is 1.73. The molecule has 2 N–H and O–H groups in total. The summed E-state index contributed by atoms with van der Waals surface area (Å²) in [6.07, 6.45) is 1.51. The molecule has 3 rings (SSSR count). The van der Waals surface area contributed by atoms with E-state index >= 15 is 0 Å². The third kappa shape index (κ3) is 0.980. The van der Waals surface area contributed by atoms with Gasteiger partial charge in [0.15, 0.2) is 0 Å². The Morgan fingerprint density at radius 3 is 3.29 bits per heavy atom. The number of carbonyl (C=O) groups excluding carboxylic acids is 1. The van der Waals surface area contributed by atoms with Crippen LogP contribution in [0.2, 0.25) is 0 Å². The molecule has 14 heavy (non-hydrogen) atoms. The van der Waals surface area contributed by atoms with Gasteiger partial charge < -0.3 is 10.6 Å². The van der Waals surface area contributed by atoms with Crippen molar-refractivity contribution < 1.29 is 4.79 Å². The molecule has 0 spiro atoms. The number of hydrogen-bond acceptors (Lipinski definition) is 3. The summed E-state index contributed by atoms with van der Waals surface area (Å²) in [5, 5.41) is 2.10. The Balaban J connectivity index is 2.08. The Kier molecular flexibility index (Phi) is 1.69. The maximum Gasteiger partial charge on any atom is 0.224 e. The first-order valence-corrected chi connectivity index (χ1v) is 5.76. The van der Waals surface area contributed by atoms with Crippen molar-refractivity contribution in [3.63, 3.8) is 0 Å². The largest absolute Gasteiger partial charge is 0.333 e. The van der Waals surface area contributed by atoms with Crippen molar-refractivity contribution in [2.45, 2.75) is 24.9 Å². The average Bonchev–Trinajstić information content (AvgIpc) is 2.71. The Morgan fingerprint density at radius 2 is 2.43 bits per heavy atom. The lowest BCUT2D eigenvalue weighted by Crippen LogP contribution is -2.37. The first-order chi connectivity index (χ1) is 6.77. The van der Waals surface area contributed by atoms with Crippen molar-refractivity contribution in [1.29, 1.82) is 0 Å². The molecule has 2 atom stereocenters. The molecule has 3 nitrogen and oxygen atoms in total. The number of rotatable bonds is 0. The Bertz CT molecular complexity index is 387. The predicted octanol–water partition coefficient (Wildman–Crippen LogP) is 0.905. The number of carbonyl (C=O) groups is 1. The summed E-state index contributed by atoms with van der Waals surface area (Å²) in [6, 6.07) is 2.33. The predicted molar refractivity (Wildman–Crippen MR) is 55.1 cm³/mol. The van der Waals surface area contributed by atoms with Crippen LogP contribution in [0.25, 0.3) is 0 Å². The van der Waals surface area contributed by atoms with Gasteiger partial charge in [0.05, 0.1) is 6.04 Å². The number of thiophene rings is 1. The van der Waals surface area contributed by atoms with Crippen LogP contribution in [0.3, 0.4) is 0 Å². The number of fused-ring (bicyclic) bond motifs is 3. The molecule has 1 fully saturated rings. The molecule has 0 aromatic carbocycles. The van der Waals surface area contributed by atoms with Crippen LogP contribution in [0.1, 0.15) is 22.9 Å². The molecule has 4 heteroatoms. The minimum Gasteiger partial charge on any atom is -0.333 e. The highest BCUT2D eigenvalue weighted by Gasteiger charge is 2.42. The lowest BCUT2D eigenvalue weighted by Gasteiger charge is -2.31. The minimum atomic E-state index is 0.000185. The molecule has 0 bridgehead atoms. The van der Waals surface area contributed by atoms with Crippen molar-refractivity contribution in [2.24, 2.45) is 5.73 Å². The first kappa shape index (κ1) is 8.44. The zero-order valence-electron chi connectivity index (χ0n) is 7.77. The van der Waals surface area contributed by atoms with E-state index in [9.17, 15) is 4.79 Å². The van der Waals surface area contributed by atoms with E-state index in [1.165, 1.54) is 10.4 Å². The molecule has 3 heterocycles. The highest BCUT2D eigenvalue weighted by atomic mass is 32.1. The van der Waals surface area contributed by atoms with Crippen LogP contribution in [0.4, 0.5) is 0 Å². The van der Waals surface area contributed by atoms with E-state index in [2.05, 4.69) is 11.4 Å². The van der Waals surface area contributed by atoms with E-state index in [1.807, 2.05) is 4.90 Å². The van der Waals surface area contributed by atoms with Crippen LogP contribution in [-0.4, -0.2) is 23.4 Å². The van der Waals surface area contributed by atoms with Gasteiger partial charge in [0, 0.05) is 23.9 Å². The molecule has 1 amide bonds. The lowest BCUT2D eigenvalue weighted by molar-refractivity contribution is -0.129. The molecule has 0 aliphatic carbocycles. The molecular formula is C10H12N2OS. The standard InChI is InChI=1S/C10H12N2OS/c11-7-5-8(13)12-3-1-6-2-4-14-10(6)9(7)12/h2,4,7,9H,1,3,5,11H2. The van der Waals surface area contributed by atoms with Gasteiger partial charge in [0.1, 0.15) is 0 Å². The Morgan fingerprint density at radius 1 is 1.57 bits per heavy atom. The fraction of sp³-hybridized carbons (Fsp3) is 0.500. The normalized spacial score (nSPS) is 30.4. The highest BCUT2D eigenvalue weighted by Crippen LogP contribution is 2.40. The van der Waals surface area contributed by atoms with Gasteiger partial charge in [-0.25, -0.2) is 0 Å². The molecule has 2 unspecified atom stereocenters.